The van der Waals surface area contributed by atoms with E-state index >= 15 is 0 Å². The molecule has 0 fully saturated rings. The molecule has 0 saturated heterocycles. The highest BCUT2D eigenvalue weighted by molar-refractivity contribution is 6.37. The quantitative estimate of drug-likeness (QED) is 0.675. The summed E-state index contributed by atoms with van der Waals surface area (Å²) in [6.45, 7) is 9.75. The highest BCUT2D eigenvalue weighted by atomic mass is 16.2. The van der Waals surface area contributed by atoms with E-state index in [-0.39, 0.29) is 5.78 Å². The zero-order valence-electron chi connectivity index (χ0n) is 9.10. The summed E-state index contributed by atoms with van der Waals surface area (Å²) < 4.78 is 0. The van der Waals surface area contributed by atoms with Crippen molar-refractivity contribution in [1.29, 1.82) is 0 Å². The molecule has 0 radical (unpaired) electrons. The first-order valence-electron chi connectivity index (χ1n) is 4.57. The Labute approximate surface area is 79.9 Å². The molecule has 0 saturated carbocycles. The number of Topliss-reactive ketones (excluding diaryl/α,β-unsaturated/α-hetero) is 1. The number of rotatable bonds is 3. The molecule has 13 heavy (non-hydrogen) atoms. The lowest BCUT2D eigenvalue weighted by atomic mass is 9.90. The van der Waals surface area contributed by atoms with Crippen molar-refractivity contribution in [2.75, 3.05) is 6.54 Å². The van der Waals surface area contributed by atoms with Crippen LogP contribution in [0, 0.1) is 11.3 Å². The highest BCUT2D eigenvalue weighted by Gasteiger charge is 2.27. The number of nitrogens with one attached hydrogen (secondary N) is 1. The molecule has 0 aromatic heterocycles. The fourth-order valence-corrected chi connectivity index (χ4v) is 0.718. The maximum atomic E-state index is 11.4. The first-order chi connectivity index (χ1) is 5.75. The van der Waals surface area contributed by atoms with Crippen LogP contribution in [0.2, 0.25) is 0 Å². The van der Waals surface area contributed by atoms with E-state index in [2.05, 4.69) is 5.32 Å². The summed E-state index contributed by atoms with van der Waals surface area (Å²) in [6, 6.07) is 0. The molecule has 0 spiro atoms. The molecule has 0 atom stereocenters. The van der Waals surface area contributed by atoms with Gasteiger partial charge in [-0.2, -0.15) is 0 Å². The fraction of sp³-hybridized carbons (Fsp3) is 0.800. The Morgan fingerprint density at radius 2 is 1.69 bits per heavy atom. The minimum atomic E-state index is -0.582. The van der Waals surface area contributed by atoms with Crippen LogP contribution < -0.4 is 5.32 Å². The molecule has 0 aliphatic heterocycles. The molecule has 1 N–H and O–H groups in total. The van der Waals surface area contributed by atoms with E-state index in [1.807, 2.05) is 13.8 Å². The van der Waals surface area contributed by atoms with Crippen LogP contribution in [-0.4, -0.2) is 18.2 Å². The Morgan fingerprint density at radius 1 is 1.23 bits per heavy atom. The van der Waals surface area contributed by atoms with E-state index in [0.29, 0.717) is 12.5 Å². The summed E-state index contributed by atoms with van der Waals surface area (Å²) in [5.74, 6) is -0.453. The Hall–Kier alpha value is -0.860. The van der Waals surface area contributed by atoms with Gasteiger partial charge in [0.05, 0.1) is 0 Å². The largest absolute Gasteiger partial charge is 0.349 e. The number of amides is 1. The van der Waals surface area contributed by atoms with Gasteiger partial charge in [-0.05, 0) is 5.92 Å². The third-order valence-electron chi connectivity index (χ3n) is 1.56. The summed E-state index contributed by atoms with van der Waals surface area (Å²) in [5, 5.41) is 2.60. The van der Waals surface area contributed by atoms with Crippen LogP contribution in [0.15, 0.2) is 0 Å². The molecule has 0 heterocycles. The molecule has 1 amide bonds. The topological polar surface area (TPSA) is 46.2 Å². The second-order valence-electron chi connectivity index (χ2n) is 4.68. The van der Waals surface area contributed by atoms with Crippen LogP contribution in [0.1, 0.15) is 34.6 Å². The van der Waals surface area contributed by atoms with Crippen molar-refractivity contribution in [3.63, 3.8) is 0 Å². The van der Waals surface area contributed by atoms with Gasteiger partial charge in [-0.15, -0.1) is 0 Å². The van der Waals surface area contributed by atoms with Gasteiger partial charge in [0.2, 0.25) is 5.78 Å². The number of hydrogen-bond acceptors (Lipinski definition) is 2. The van der Waals surface area contributed by atoms with Gasteiger partial charge in [-0.3, -0.25) is 9.59 Å². The summed E-state index contributed by atoms with van der Waals surface area (Å²) in [7, 11) is 0. The SMILES string of the molecule is CC(C)CNC(=O)C(=O)C(C)(C)C. The Kier molecular flexibility index (Phi) is 4.11. The van der Waals surface area contributed by atoms with Gasteiger partial charge in [0.1, 0.15) is 0 Å². The number of carbonyl (C=O) groups is 2. The van der Waals surface area contributed by atoms with Crippen molar-refractivity contribution >= 4 is 11.7 Å². The Morgan fingerprint density at radius 3 is 2.00 bits per heavy atom. The molecule has 0 aromatic carbocycles. The van der Waals surface area contributed by atoms with Crippen molar-refractivity contribution in [3.05, 3.63) is 0 Å². The molecule has 3 heteroatoms. The summed E-state index contributed by atoms with van der Waals surface area (Å²) >= 11 is 0. The summed E-state index contributed by atoms with van der Waals surface area (Å²) in [4.78, 5) is 22.6. The first-order valence-corrected chi connectivity index (χ1v) is 4.57. The van der Waals surface area contributed by atoms with Crippen LogP contribution in [0.25, 0.3) is 0 Å². The molecule has 0 unspecified atom stereocenters. The van der Waals surface area contributed by atoms with Gasteiger partial charge in [0, 0.05) is 12.0 Å². The fourth-order valence-electron chi connectivity index (χ4n) is 0.718. The average molecular weight is 185 g/mol. The van der Waals surface area contributed by atoms with E-state index in [1.165, 1.54) is 0 Å². The monoisotopic (exact) mass is 185 g/mol. The van der Waals surface area contributed by atoms with Gasteiger partial charge >= 0.3 is 0 Å². The lowest BCUT2D eigenvalue weighted by molar-refractivity contribution is -0.142. The zero-order valence-corrected chi connectivity index (χ0v) is 9.10. The normalized spacial score (nSPS) is 11.5. The van der Waals surface area contributed by atoms with Gasteiger partial charge in [-0.25, -0.2) is 0 Å². The first kappa shape index (κ1) is 12.1. The number of hydrogen-bond donors (Lipinski definition) is 1. The van der Waals surface area contributed by atoms with Gasteiger partial charge < -0.3 is 5.32 Å². The smallest absolute Gasteiger partial charge is 0.287 e. The average Bonchev–Trinajstić information content (AvgIpc) is 1.96. The van der Waals surface area contributed by atoms with Crippen LogP contribution in [0.5, 0.6) is 0 Å². The van der Waals surface area contributed by atoms with E-state index in [1.54, 1.807) is 20.8 Å². The second-order valence-corrected chi connectivity index (χ2v) is 4.68. The second kappa shape index (κ2) is 4.40. The van der Waals surface area contributed by atoms with E-state index < -0.39 is 11.3 Å². The molecular weight excluding hydrogens is 166 g/mol. The van der Waals surface area contributed by atoms with Gasteiger partial charge in [0.25, 0.3) is 5.91 Å². The minimum absolute atomic E-state index is 0.354. The predicted molar refractivity (Wildman–Crippen MR) is 52.3 cm³/mol. The zero-order chi connectivity index (χ0) is 10.6. The maximum Gasteiger partial charge on any atom is 0.287 e. The standard InChI is InChI=1S/C10H19NO2/c1-7(2)6-11-9(13)8(12)10(3,4)5/h7H,6H2,1-5H3,(H,11,13). The summed E-state index contributed by atoms with van der Waals surface area (Å²) in [5.41, 5.74) is -0.582. The molecule has 0 aromatic rings. The van der Waals surface area contributed by atoms with Gasteiger partial charge in [-0.1, -0.05) is 34.6 Å². The van der Waals surface area contributed by atoms with E-state index in [9.17, 15) is 9.59 Å². The van der Waals surface area contributed by atoms with Crippen molar-refractivity contribution < 1.29 is 9.59 Å². The number of ketones is 1. The molecular formula is C10H19NO2. The Bertz CT molecular complexity index is 201. The van der Waals surface area contributed by atoms with E-state index in [0.717, 1.165) is 0 Å². The van der Waals surface area contributed by atoms with Crippen LogP contribution in [0.3, 0.4) is 0 Å². The van der Waals surface area contributed by atoms with Crippen molar-refractivity contribution in [2.45, 2.75) is 34.6 Å². The molecule has 0 aliphatic rings. The molecule has 76 valence electrons. The maximum absolute atomic E-state index is 11.4. The van der Waals surface area contributed by atoms with Crippen LogP contribution in [0.4, 0.5) is 0 Å². The summed E-state index contributed by atoms with van der Waals surface area (Å²) in [6.07, 6.45) is 0. The van der Waals surface area contributed by atoms with Crippen LogP contribution >= 0.6 is 0 Å². The van der Waals surface area contributed by atoms with Crippen LogP contribution in [-0.2, 0) is 9.59 Å². The van der Waals surface area contributed by atoms with Gasteiger partial charge in [0.15, 0.2) is 0 Å². The lowest BCUT2D eigenvalue weighted by Crippen LogP contribution is -2.39. The molecule has 0 rings (SSSR count). The van der Waals surface area contributed by atoms with E-state index in [4.69, 9.17) is 0 Å². The lowest BCUT2D eigenvalue weighted by Gasteiger charge is -2.16. The number of carbonyl (C=O) groups excluding carboxylic acids is 2. The molecule has 0 bridgehead atoms. The van der Waals surface area contributed by atoms with Crippen molar-refractivity contribution in [1.82, 2.24) is 5.32 Å². The minimum Gasteiger partial charge on any atom is -0.349 e. The Balaban J connectivity index is 4.06. The third kappa shape index (κ3) is 4.65. The molecule has 0 aliphatic carbocycles. The van der Waals surface area contributed by atoms with Crippen molar-refractivity contribution in [3.8, 4) is 0 Å². The highest BCUT2D eigenvalue weighted by Crippen LogP contribution is 2.14. The predicted octanol–water partition coefficient (Wildman–Crippen LogP) is 1.37. The van der Waals surface area contributed by atoms with Crippen molar-refractivity contribution in [2.24, 2.45) is 11.3 Å². The molecule has 3 nitrogen and oxygen atoms in total. The third-order valence-corrected chi connectivity index (χ3v) is 1.56.